The molecule has 1 saturated heterocycles. The summed E-state index contributed by atoms with van der Waals surface area (Å²) in [5.41, 5.74) is -0.0693. The van der Waals surface area contributed by atoms with Gasteiger partial charge in [0.1, 0.15) is 30.1 Å². The number of rotatable bonds is 25. The number of aliphatic hydroxyl groups excluding tert-OH is 4. The number of ether oxygens (including phenoxy) is 5. The number of aromatic hydroxyl groups is 1. The molecule has 3 aromatic rings. The van der Waals surface area contributed by atoms with E-state index in [-0.39, 0.29) is 62.9 Å². The van der Waals surface area contributed by atoms with Crippen LogP contribution in [0.2, 0.25) is 0 Å². The Morgan fingerprint density at radius 3 is 2.10 bits per heavy atom. The lowest BCUT2D eigenvalue weighted by Gasteiger charge is -2.39. The zero-order valence-electron chi connectivity index (χ0n) is 36.3. The lowest BCUT2D eigenvalue weighted by Crippen LogP contribution is -2.59. The van der Waals surface area contributed by atoms with Gasteiger partial charge in [-0.25, -0.2) is 0 Å². The van der Waals surface area contributed by atoms with Crippen molar-refractivity contribution in [2.24, 2.45) is 4.99 Å². The fourth-order valence-electron chi connectivity index (χ4n) is 7.68. The first-order valence-electron chi connectivity index (χ1n) is 21.2. The molecule has 2 aromatic heterocycles. The monoisotopic (exact) mass is 884 g/mol. The molecule has 4 heterocycles. The average Bonchev–Trinajstić information content (AvgIpc) is 3.72. The third-order valence-corrected chi connectivity index (χ3v) is 10.9. The molecule has 6 rings (SSSR count). The second-order valence-corrected chi connectivity index (χ2v) is 16.1. The van der Waals surface area contributed by atoms with Crippen LogP contribution < -0.4 is 22.0 Å². The van der Waals surface area contributed by atoms with Crippen molar-refractivity contribution in [1.82, 2.24) is 33.9 Å². The van der Waals surface area contributed by atoms with Crippen LogP contribution in [0.3, 0.4) is 0 Å². The number of hydrogen-bond acceptors (Lipinski definition) is 18. The van der Waals surface area contributed by atoms with Gasteiger partial charge in [-0.2, -0.15) is 0 Å². The molecule has 0 amide bonds. The number of benzene rings is 2. The maximum absolute atomic E-state index is 14.2. The molecule has 346 valence electrons. The highest BCUT2D eigenvalue weighted by Crippen LogP contribution is 2.37. The van der Waals surface area contributed by atoms with Crippen molar-refractivity contribution in [3.05, 3.63) is 66.5 Å². The predicted octanol–water partition coefficient (Wildman–Crippen LogP) is -1.79. The van der Waals surface area contributed by atoms with Crippen molar-refractivity contribution in [3.63, 3.8) is 0 Å². The summed E-state index contributed by atoms with van der Waals surface area (Å²) >= 11 is 0. The fraction of sp³-hybridized carbons (Fsp3) is 0.619. The van der Waals surface area contributed by atoms with E-state index in [0.29, 0.717) is 91.5 Å². The molecule has 0 unspecified atom stereocenters. The topological polar surface area (TPSA) is 258 Å². The average molecular weight is 885 g/mol. The summed E-state index contributed by atoms with van der Waals surface area (Å²) in [5.74, 6) is -0.212. The van der Waals surface area contributed by atoms with Gasteiger partial charge in [-0.05, 0) is 78.7 Å². The van der Waals surface area contributed by atoms with E-state index in [1.807, 2.05) is 38.0 Å². The lowest BCUT2D eigenvalue weighted by atomic mass is 9.90. The normalized spacial score (nSPS) is 19.9. The molecule has 3 aliphatic rings. The van der Waals surface area contributed by atoms with Crippen LogP contribution in [0, 0.1) is 0 Å². The predicted molar refractivity (Wildman–Crippen MR) is 229 cm³/mol. The van der Waals surface area contributed by atoms with Crippen LogP contribution in [0.1, 0.15) is 25.0 Å². The van der Waals surface area contributed by atoms with Crippen LogP contribution in [0.4, 0.5) is 0 Å². The minimum atomic E-state index is -1.51. The van der Waals surface area contributed by atoms with E-state index >= 15 is 0 Å². The van der Waals surface area contributed by atoms with Crippen molar-refractivity contribution < 1.29 is 49.2 Å². The number of hydrogen-bond donors (Lipinski definition) is 5. The van der Waals surface area contributed by atoms with E-state index in [0.717, 1.165) is 0 Å². The van der Waals surface area contributed by atoms with E-state index in [9.17, 15) is 39.9 Å². The molecule has 0 spiro atoms. The van der Waals surface area contributed by atoms with Gasteiger partial charge in [0.25, 0.3) is 16.7 Å². The molecular weight excluding hydrogens is 825 g/mol. The minimum absolute atomic E-state index is 0.0423. The standard InChI is InChI=1S/C42H60N8O13/c1-46(2)11-6-14-49-38(55)27-8-9-28-33-32(27)29(40(49)57)22-30(34(33)41(58)50(39(28)56)15-7-12-47(3)4)43-10-5-13-48-23-26(44-45-48)25-61-19-18-59-16-17-60-20-21-62-42-37(54)36(53)35(52)31(24-51)63-42/h8-9,22-23,31,35-37,42,51-54,56H,5-7,10-21,24-25H2,1-4H3/t31-,35-,36+,37-,42-/m1/s1. The number of pyridine rings is 2. The van der Waals surface area contributed by atoms with Crippen molar-refractivity contribution in [1.29, 1.82) is 0 Å². The van der Waals surface area contributed by atoms with Gasteiger partial charge in [-0.1, -0.05) is 5.21 Å². The van der Waals surface area contributed by atoms with Crippen LogP contribution in [-0.4, -0.2) is 184 Å². The third kappa shape index (κ3) is 11.4. The summed E-state index contributed by atoms with van der Waals surface area (Å²) in [7, 11) is 7.72. The Labute approximate surface area is 362 Å². The van der Waals surface area contributed by atoms with E-state index in [1.165, 1.54) is 9.13 Å². The molecule has 1 aromatic carbocycles. The summed E-state index contributed by atoms with van der Waals surface area (Å²) in [5, 5.41) is 60.4. The Balaban J connectivity index is 1.03. The summed E-state index contributed by atoms with van der Waals surface area (Å²) in [6.07, 6.45) is -3.19. The molecule has 1 aliphatic carbocycles. The third-order valence-electron chi connectivity index (χ3n) is 10.9. The number of aromatic nitrogens is 5. The van der Waals surface area contributed by atoms with Gasteiger partial charge >= 0.3 is 0 Å². The molecule has 1 fully saturated rings. The minimum Gasteiger partial charge on any atom is -0.494 e. The van der Waals surface area contributed by atoms with Gasteiger partial charge in [0, 0.05) is 47.9 Å². The van der Waals surface area contributed by atoms with Crippen molar-refractivity contribution in [3.8, 4) is 17.0 Å². The van der Waals surface area contributed by atoms with Gasteiger partial charge in [0.15, 0.2) is 6.29 Å². The highest BCUT2D eigenvalue weighted by molar-refractivity contribution is 6.15. The van der Waals surface area contributed by atoms with E-state index < -0.39 is 54.0 Å². The first-order chi connectivity index (χ1) is 30.3. The zero-order chi connectivity index (χ0) is 45.2. The smallest absolute Gasteiger partial charge is 0.263 e. The Bertz CT molecular complexity index is 2440. The molecule has 21 nitrogen and oxygen atoms in total. The van der Waals surface area contributed by atoms with Crippen molar-refractivity contribution >= 4 is 21.5 Å². The van der Waals surface area contributed by atoms with Gasteiger partial charge in [-0.15, -0.1) is 5.10 Å². The molecule has 0 saturated carbocycles. The number of aliphatic hydroxyl groups is 4. The van der Waals surface area contributed by atoms with Gasteiger partial charge in [0.2, 0.25) is 5.88 Å². The lowest BCUT2D eigenvalue weighted by molar-refractivity contribution is -0.302. The quantitative estimate of drug-likeness (QED) is 0.0321. The molecule has 63 heavy (non-hydrogen) atoms. The Kier molecular flexibility index (Phi) is 17.0. The molecule has 0 radical (unpaired) electrons. The molecule has 21 heteroatoms. The van der Waals surface area contributed by atoms with Gasteiger partial charge in [0.05, 0.1) is 75.4 Å². The molecule has 5 atom stereocenters. The molecule has 0 bridgehead atoms. The fourth-order valence-corrected chi connectivity index (χ4v) is 7.68. The zero-order valence-corrected chi connectivity index (χ0v) is 36.3. The maximum Gasteiger partial charge on any atom is 0.263 e. The van der Waals surface area contributed by atoms with Crippen LogP contribution in [0.5, 0.6) is 5.88 Å². The van der Waals surface area contributed by atoms with E-state index in [4.69, 9.17) is 28.7 Å². The van der Waals surface area contributed by atoms with Gasteiger partial charge < -0.3 is 59.0 Å². The van der Waals surface area contributed by atoms with Crippen LogP contribution >= 0.6 is 0 Å². The second-order valence-electron chi connectivity index (χ2n) is 16.1. The Morgan fingerprint density at radius 2 is 1.41 bits per heavy atom. The number of aryl methyl sites for hydroxylation is 1. The Morgan fingerprint density at radius 1 is 0.762 bits per heavy atom. The Hall–Kier alpha value is -4.52. The van der Waals surface area contributed by atoms with Crippen LogP contribution in [0.15, 0.2) is 43.8 Å². The number of nitrogens with zero attached hydrogens (tertiary/aromatic N) is 8. The summed E-state index contributed by atoms with van der Waals surface area (Å²) in [4.78, 5) is 50.8. The highest BCUT2D eigenvalue weighted by Gasteiger charge is 2.44. The summed E-state index contributed by atoms with van der Waals surface area (Å²) in [6.45, 7) is 3.69. The summed E-state index contributed by atoms with van der Waals surface area (Å²) < 4.78 is 31.6. The molecule has 5 N–H and O–H groups in total. The molecule has 2 aliphatic heterocycles. The van der Waals surface area contributed by atoms with Crippen molar-refractivity contribution in [2.45, 2.75) is 76.2 Å². The van der Waals surface area contributed by atoms with Crippen LogP contribution in [-0.2, 0) is 49.9 Å². The van der Waals surface area contributed by atoms with Crippen LogP contribution in [0.25, 0.3) is 32.7 Å². The first-order valence-corrected chi connectivity index (χ1v) is 21.2. The van der Waals surface area contributed by atoms with Gasteiger partial charge in [-0.3, -0.25) is 33.2 Å². The summed E-state index contributed by atoms with van der Waals surface area (Å²) in [6, 6.07) is 4.89. The highest BCUT2D eigenvalue weighted by atomic mass is 16.7. The largest absolute Gasteiger partial charge is 0.494 e. The molecular formula is C42H60N8O13. The van der Waals surface area contributed by atoms with E-state index in [1.54, 1.807) is 29.1 Å². The SMILES string of the molecule is CN(C)CCCn1c(O)c2ccc3c4c2c(c(=NCCCn2cc(COCCOCCOCCO[C@@H]5O[C@H](CO)[C@@H](O)[C@H](O)[C@H]5O)nn2)cc-4c(=O)n(CCCN(C)C)c3=O)c1=O. The first kappa shape index (κ1) is 47.9. The van der Waals surface area contributed by atoms with Crippen molar-refractivity contribution in [2.75, 3.05) is 94.1 Å². The second kappa shape index (κ2) is 22.4. The van der Waals surface area contributed by atoms with E-state index in [2.05, 4.69) is 10.3 Å². The maximum atomic E-state index is 14.2.